The summed E-state index contributed by atoms with van der Waals surface area (Å²) >= 11 is 0. The van der Waals surface area contributed by atoms with E-state index in [9.17, 15) is 36.6 Å². The second-order valence-corrected chi connectivity index (χ2v) is 10.4. The van der Waals surface area contributed by atoms with Crippen molar-refractivity contribution in [2.24, 2.45) is 0 Å². The summed E-state index contributed by atoms with van der Waals surface area (Å²) in [6.45, 7) is 1.01. The first-order valence-electron chi connectivity index (χ1n) is 13.3. The van der Waals surface area contributed by atoms with E-state index in [1.807, 2.05) is 0 Å². The molecule has 1 fully saturated rings. The lowest BCUT2D eigenvalue weighted by atomic mass is 9.84. The summed E-state index contributed by atoms with van der Waals surface area (Å²) in [5, 5.41) is 15.7. The number of aromatic nitrogens is 1. The molecule has 2 aliphatic heterocycles. The van der Waals surface area contributed by atoms with Gasteiger partial charge in [0.2, 0.25) is 5.88 Å². The van der Waals surface area contributed by atoms with Crippen molar-refractivity contribution in [3.05, 3.63) is 88.5 Å². The number of nitrogens with one attached hydrogen (secondary N) is 1. The fourth-order valence-electron chi connectivity index (χ4n) is 5.66. The fourth-order valence-corrected chi connectivity index (χ4v) is 5.66. The number of alkyl halides is 3. The van der Waals surface area contributed by atoms with Gasteiger partial charge in [-0.1, -0.05) is 18.2 Å². The number of halogens is 5. The number of carbonyl (C=O) groups excluding carboxylic acids is 2. The average molecular weight is 603 g/mol. The lowest BCUT2D eigenvalue weighted by Gasteiger charge is -2.48. The van der Waals surface area contributed by atoms with Crippen LogP contribution in [-0.2, 0) is 22.3 Å². The standard InChI is InChI=1S/C30H27F5N4O4/c1-29-12-5-13-39(29)38(15-17-6-3-7-21(31)26(17)32)28(42)25(20(29)16-40)27(41)37-23-11-10-18(30(33,34)35)14-19(23)22-8-4-9-24(36-22)43-2/h3-4,6-11,14,40H,5,12-13,15-16H2,1-2H3,(H,37,41). The first kappa shape index (κ1) is 30.1. The predicted octanol–water partition coefficient (Wildman–Crippen LogP) is 5.09. The minimum atomic E-state index is -4.70. The summed E-state index contributed by atoms with van der Waals surface area (Å²) in [5.74, 6) is -3.99. The number of ether oxygens (including phenoxy) is 1. The highest BCUT2D eigenvalue weighted by atomic mass is 19.4. The molecule has 2 aromatic carbocycles. The fraction of sp³-hybridized carbons (Fsp3) is 0.300. The van der Waals surface area contributed by atoms with E-state index in [4.69, 9.17) is 4.74 Å². The number of rotatable bonds is 7. The van der Waals surface area contributed by atoms with Crippen LogP contribution < -0.4 is 10.1 Å². The molecular weight excluding hydrogens is 575 g/mol. The number of aliphatic hydroxyl groups is 1. The van der Waals surface area contributed by atoms with Crippen molar-refractivity contribution < 1.29 is 41.4 Å². The minimum absolute atomic E-state index is 0.0595. The van der Waals surface area contributed by atoms with E-state index < -0.39 is 59.5 Å². The lowest BCUT2D eigenvalue weighted by Crippen LogP contribution is -2.61. The number of hydrogen-bond donors (Lipinski definition) is 2. The molecule has 3 heterocycles. The first-order valence-corrected chi connectivity index (χ1v) is 13.3. The topological polar surface area (TPSA) is 95.0 Å². The number of benzene rings is 2. The molecule has 2 amide bonds. The van der Waals surface area contributed by atoms with Crippen molar-refractivity contribution >= 4 is 17.5 Å². The van der Waals surface area contributed by atoms with Gasteiger partial charge in [0.05, 0.1) is 42.7 Å². The van der Waals surface area contributed by atoms with Crippen LogP contribution in [0.5, 0.6) is 5.88 Å². The maximum Gasteiger partial charge on any atom is 0.416 e. The van der Waals surface area contributed by atoms with Gasteiger partial charge in [0.25, 0.3) is 11.8 Å². The Morgan fingerprint density at radius 3 is 2.58 bits per heavy atom. The number of hydrazine groups is 1. The van der Waals surface area contributed by atoms with E-state index in [0.717, 1.165) is 29.3 Å². The van der Waals surface area contributed by atoms with Crippen molar-refractivity contribution in [2.75, 3.05) is 25.6 Å². The largest absolute Gasteiger partial charge is 0.481 e. The molecule has 13 heteroatoms. The van der Waals surface area contributed by atoms with Crippen LogP contribution in [0.3, 0.4) is 0 Å². The molecule has 8 nitrogen and oxygen atoms in total. The summed E-state index contributed by atoms with van der Waals surface area (Å²) in [4.78, 5) is 31.9. The Kier molecular flexibility index (Phi) is 7.97. The third kappa shape index (κ3) is 5.45. The summed E-state index contributed by atoms with van der Waals surface area (Å²) in [7, 11) is 1.34. The van der Waals surface area contributed by atoms with Crippen molar-refractivity contribution in [1.29, 1.82) is 0 Å². The van der Waals surface area contributed by atoms with Gasteiger partial charge < -0.3 is 15.2 Å². The average Bonchev–Trinajstić information content (AvgIpc) is 3.38. The van der Waals surface area contributed by atoms with Gasteiger partial charge >= 0.3 is 6.18 Å². The van der Waals surface area contributed by atoms with Gasteiger partial charge in [0.15, 0.2) is 11.6 Å². The number of nitrogens with zero attached hydrogens (tertiary/aromatic N) is 3. The van der Waals surface area contributed by atoms with E-state index in [0.29, 0.717) is 19.4 Å². The highest BCUT2D eigenvalue weighted by Gasteiger charge is 2.51. The Morgan fingerprint density at radius 2 is 1.88 bits per heavy atom. The van der Waals surface area contributed by atoms with Crippen molar-refractivity contribution in [3.63, 3.8) is 0 Å². The molecule has 2 N–H and O–H groups in total. The maximum atomic E-state index is 14.6. The van der Waals surface area contributed by atoms with Crippen LogP contribution in [0.25, 0.3) is 11.3 Å². The summed E-state index contributed by atoms with van der Waals surface area (Å²) in [6.07, 6.45) is -3.68. The molecule has 0 aliphatic carbocycles. The summed E-state index contributed by atoms with van der Waals surface area (Å²) in [5.41, 5.74) is -2.58. The van der Waals surface area contributed by atoms with Gasteiger partial charge in [0.1, 0.15) is 5.57 Å². The highest BCUT2D eigenvalue weighted by molar-refractivity contribution is 6.24. The van der Waals surface area contributed by atoms with E-state index in [1.165, 1.54) is 37.4 Å². The minimum Gasteiger partial charge on any atom is -0.481 e. The smallest absolute Gasteiger partial charge is 0.416 e. The van der Waals surface area contributed by atoms with E-state index in [2.05, 4.69) is 10.3 Å². The molecule has 1 atom stereocenters. The number of pyridine rings is 1. The second kappa shape index (κ2) is 11.4. The SMILES string of the molecule is COc1cccc(-c2cc(C(F)(F)F)ccc2NC(=O)C2=C(CO)C3(C)CCCN3N(Cc3cccc(F)c3F)C2=O)n1. The summed E-state index contributed by atoms with van der Waals surface area (Å²) < 4.78 is 74.6. The second-order valence-electron chi connectivity index (χ2n) is 10.4. The van der Waals surface area contributed by atoms with Crippen LogP contribution in [0, 0.1) is 11.6 Å². The zero-order valence-corrected chi connectivity index (χ0v) is 23.1. The Hall–Kier alpha value is -4.36. The number of anilines is 1. The monoisotopic (exact) mass is 602 g/mol. The van der Waals surface area contributed by atoms with Crippen molar-refractivity contribution in [3.8, 4) is 17.1 Å². The molecule has 3 aromatic rings. The van der Waals surface area contributed by atoms with E-state index >= 15 is 0 Å². The molecule has 226 valence electrons. The molecule has 2 aliphatic rings. The number of carbonyl (C=O) groups is 2. The number of aliphatic hydroxyl groups excluding tert-OH is 1. The zero-order chi connectivity index (χ0) is 31.1. The van der Waals surface area contributed by atoms with Crippen molar-refractivity contribution in [2.45, 2.75) is 38.0 Å². The molecule has 1 aromatic heterocycles. The van der Waals surface area contributed by atoms with Crippen LogP contribution in [-0.4, -0.2) is 57.7 Å². The molecule has 0 radical (unpaired) electrons. The molecular formula is C30H27F5N4O4. The molecule has 5 rings (SSSR count). The van der Waals surface area contributed by atoms with Crippen LogP contribution >= 0.6 is 0 Å². The molecule has 1 unspecified atom stereocenters. The first-order chi connectivity index (χ1) is 20.4. The van der Waals surface area contributed by atoms with Gasteiger partial charge in [-0.2, -0.15) is 13.2 Å². The third-order valence-electron chi connectivity index (χ3n) is 7.84. The number of amides is 2. The molecule has 0 saturated carbocycles. The van der Waals surface area contributed by atoms with Gasteiger partial charge in [-0.3, -0.25) is 14.6 Å². The molecule has 0 spiro atoms. The van der Waals surface area contributed by atoms with Crippen LogP contribution in [0.1, 0.15) is 30.9 Å². The highest BCUT2D eigenvalue weighted by Crippen LogP contribution is 2.43. The quantitative estimate of drug-likeness (QED) is 0.289. The van der Waals surface area contributed by atoms with Gasteiger partial charge in [-0.05, 0) is 55.7 Å². The van der Waals surface area contributed by atoms with Gasteiger partial charge in [0, 0.05) is 23.7 Å². The number of methoxy groups -OCH3 is 1. The van der Waals surface area contributed by atoms with Crippen molar-refractivity contribution in [1.82, 2.24) is 15.0 Å². The Morgan fingerprint density at radius 1 is 1.14 bits per heavy atom. The van der Waals surface area contributed by atoms with Crippen LogP contribution in [0.4, 0.5) is 27.6 Å². The number of hydrogen-bond acceptors (Lipinski definition) is 6. The van der Waals surface area contributed by atoms with Crippen LogP contribution in [0.2, 0.25) is 0 Å². The lowest BCUT2D eigenvalue weighted by molar-refractivity contribution is -0.158. The van der Waals surface area contributed by atoms with E-state index in [-0.39, 0.29) is 34.0 Å². The Balaban J connectivity index is 1.58. The van der Waals surface area contributed by atoms with E-state index in [1.54, 1.807) is 11.9 Å². The molecule has 43 heavy (non-hydrogen) atoms. The molecule has 0 bridgehead atoms. The predicted molar refractivity (Wildman–Crippen MR) is 145 cm³/mol. The molecule has 1 saturated heterocycles. The van der Waals surface area contributed by atoms with Gasteiger partial charge in [-0.15, -0.1) is 0 Å². The summed E-state index contributed by atoms with van der Waals surface area (Å²) in [6, 6.07) is 10.7. The maximum absolute atomic E-state index is 14.6. The zero-order valence-electron chi connectivity index (χ0n) is 23.1. The third-order valence-corrected chi connectivity index (χ3v) is 7.84. The van der Waals surface area contributed by atoms with Crippen LogP contribution in [0.15, 0.2) is 65.7 Å². The Bertz CT molecular complexity index is 1630. The number of fused-ring (bicyclic) bond motifs is 1. The normalized spacial score (nSPS) is 19.1. The Labute approximate surface area is 243 Å². The van der Waals surface area contributed by atoms with Gasteiger partial charge in [-0.25, -0.2) is 18.8 Å².